The van der Waals surface area contributed by atoms with Gasteiger partial charge in [-0.3, -0.25) is 0 Å². The molecule has 0 aliphatic carbocycles. The van der Waals surface area contributed by atoms with Crippen LogP contribution < -0.4 is 5.73 Å². The molecule has 1 aromatic rings. The van der Waals surface area contributed by atoms with Gasteiger partial charge >= 0.3 is 6.18 Å². The lowest BCUT2D eigenvalue weighted by Crippen LogP contribution is -2.29. The second kappa shape index (κ2) is 5.31. The topological polar surface area (TPSA) is 26.0 Å². The van der Waals surface area contributed by atoms with Crippen LogP contribution in [0.25, 0.3) is 0 Å². The highest BCUT2D eigenvalue weighted by molar-refractivity contribution is 5.38. The fourth-order valence-electron chi connectivity index (χ4n) is 1.91. The Hall–Kier alpha value is -1.03. The van der Waals surface area contributed by atoms with E-state index in [2.05, 4.69) is 0 Å². The summed E-state index contributed by atoms with van der Waals surface area (Å²) in [6, 6.07) is 3.19. The molecule has 1 nitrogen and oxygen atoms in total. The molecule has 0 saturated heterocycles. The van der Waals surface area contributed by atoms with Crippen LogP contribution in [-0.2, 0) is 0 Å². The molecule has 1 unspecified atom stereocenters. The van der Waals surface area contributed by atoms with Crippen molar-refractivity contribution < 1.29 is 13.2 Å². The number of benzene rings is 1. The Bertz CT molecular complexity index is 408. The predicted molar refractivity (Wildman–Crippen MR) is 67.6 cm³/mol. The molecule has 0 saturated carbocycles. The van der Waals surface area contributed by atoms with Gasteiger partial charge in [0.1, 0.15) is 6.04 Å². The molecular weight excluding hydrogens is 239 g/mol. The van der Waals surface area contributed by atoms with E-state index in [0.717, 1.165) is 5.56 Å². The summed E-state index contributed by atoms with van der Waals surface area (Å²) in [5.41, 5.74) is 7.22. The molecule has 0 amide bonds. The maximum Gasteiger partial charge on any atom is 0.407 e. The standard InChI is InChI=1S/C14H20F3N/c1-8(2)10-5-6-11(12(7-10)9(3)4)13(18)14(15,16)17/h5-9,13H,18H2,1-4H3. The van der Waals surface area contributed by atoms with Crippen molar-refractivity contribution in [2.45, 2.75) is 51.7 Å². The summed E-state index contributed by atoms with van der Waals surface area (Å²) in [6.07, 6.45) is -4.40. The summed E-state index contributed by atoms with van der Waals surface area (Å²) >= 11 is 0. The van der Waals surface area contributed by atoms with Crippen LogP contribution in [0.4, 0.5) is 13.2 Å². The molecule has 1 rings (SSSR count). The number of alkyl halides is 3. The lowest BCUT2D eigenvalue weighted by molar-refractivity contribution is -0.149. The normalized spacial score (nSPS) is 14.3. The summed E-state index contributed by atoms with van der Waals surface area (Å²) in [5.74, 6) is 0.311. The van der Waals surface area contributed by atoms with Crippen molar-refractivity contribution in [3.05, 3.63) is 34.9 Å². The van der Waals surface area contributed by atoms with Crippen LogP contribution in [0.15, 0.2) is 18.2 Å². The van der Waals surface area contributed by atoms with Gasteiger partial charge in [0.05, 0.1) is 0 Å². The van der Waals surface area contributed by atoms with Gasteiger partial charge in [-0.2, -0.15) is 13.2 Å². The van der Waals surface area contributed by atoms with Crippen LogP contribution in [0.2, 0.25) is 0 Å². The second-order valence-corrected chi connectivity index (χ2v) is 5.22. The van der Waals surface area contributed by atoms with E-state index in [1.807, 2.05) is 33.8 Å². The molecule has 2 N–H and O–H groups in total. The lowest BCUT2D eigenvalue weighted by atomic mass is 9.88. The first-order valence-electron chi connectivity index (χ1n) is 6.10. The van der Waals surface area contributed by atoms with E-state index in [4.69, 9.17) is 5.73 Å². The average molecular weight is 259 g/mol. The van der Waals surface area contributed by atoms with Crippen LogP contribution in [0, 0.1) is 0 Å². The molecule has 0 bridgehead atoms. The van der Waals surface area contributed by atoms with Crippen molar-refractivity contribution in [2.75, 3.05) is 0 Å². The summed E-state index contributed by atoms with van der Waals surface area (Å²) in [7, 11) is 0. The van der Waals surface area contributed by atoms with E-state index in [0.29, 0.717) is 11.5 Å². The van der Waals surface area contributed by atoms with Gasteiger partial charge in [-0.15, -0.1) is 0 Å². The van der Waals surface area contributed by atoms with Crippen molar-refractivity contribution in [1.29, 1.82) is 0 Å². The van der Waals surface area contributed by atoms with Gasteiger partial charge in [-0.25, -0.2) is 0 Å². The van der Waals surface area contributed by atoms with Crippen LogP contribution in [-0.4, -0.2) is 6.18 Å². The summed E-state index contributed by atoms with van der Waals surface area (Å²) in [6.45, 7) is 7.80. The highest BCUT2D eigenvalue weighted by Gasteiger charge is 2.39. The first-order valence-corrected chi connectivity index (χ1v) is 6.10. The fourth-order valence-corrected chi connectivity index (χ4v) is 1.91. The highest BCUT2D eigenvalue weighted by atomic mass is 19.4. The van der Waals surface area contributed by atoms with Gasteiger partial charge in [0.25, 0.3) is 0 Å². The molecule has 0 aliphatic heterocycles. The van der Waals surface area contributed by atoms with Crippen LogP contribution in [0.5, 0.6) is 0 Å². The third kappa shape index (κ3) is 3.25. The maximum atomic E-state index is 12.7. The Balaban J connectivity index is 3.28. The Morgan fingerprint density at radius 2 is 1.50 bits per heavy atom. The molecular formula is C14H20F3N. The molecule has 0 aromatic heterocycles. The minimum atomic E-state index is -4.40. The quantitative estimate of drug-likeness (QED) is 0.850. The molecule has 102 valence electrons. The van der Waals surface area contributed by atoms with Crippen LogP contribution in [0.1, 0.15) is 62.3 Å². The Kier molecular flexibility index (Phi) is 4.43. The zero-order chi connectivity index (χ0) is 14.1. The summed E-state index contributed by atoms with van der Waals surface area (Å²) in [5, 5.41) is 0. The smallest absolute Gasteiger partial charge is 0.316 e. The molecule has 0 spiro atoms. The van der Waals surface area contributed by atoms with Gasteiger partial charge in [0, 0.05) is 0 Å². The SMILES string of the molecule is CC(C)c1ccc(C(N)C(F)(F)F)c(C(C)C)c1. The minimum absolute atomic E-state index is 0.0205. The molecule has 4 heteroatoms. The van der Waals surface area contributed by atoms with Crippen molar-refractivity contribution in [1.82, 2.24) is 0 Å². The van der Waals surface area contributed by atoms with E-state index in [1.54, 1.807) is 6.07 Å². The van der Waals surface area contributed by atoms with E-state index < -0.39 is 12.2 Å². The number of nitrogens with two attached hydrogens (primary N) is 1. The first-order chi connectivity index (χ1) is 8.14. The number of hydrogen-bond donors (Lipinski definition) is 1. The van der Waals surface area contributed by atoms with Crippen LogP contribution in [0.3, 0.4) is 0 Å². The average Bonchev–Trinajstić information content (AvgIpc) is 2.25. The number of halogens is 3. The van der Waals surface area contributed by atoms with E-state index in [-0.39, 0.29) is 11.5 Å². The third-order valence-corrected chi connectivity index (χ3v) is 3.09. The van der Waals surface area contributed by atoms with E-state index in [1.165, 1.54) is 6.07 Å². The number of rotatable bonds is 3. The molecule has 0 aliphatic rings. The third-order valence-electron chi connectivity index (χ3n) is 3.09. The molecule has 0 fully saturated rings. The van der Waals surface area contributed by atoms with E-state index in [9.17, 15) is 13.2 Å². The fraction of sp³-hybridized carbons (Fsp3) is 0.571. The summed E-state index contributed by atoms with van der Waals surface area (Å²) in [4.78, 5) is 0. The first kappa shape index (κ1) is 15.0. The van der Waals surface area contributed by atoms with E-state index >= 15 is 0 Å². The highest BCUT2D eigenvalue weighted by Crippen LogP contribution is 2.35. The Labute approximate surface area is 106 Å². The second-order valence-electron chi connectivity index (χ2n) is 5.22. The zero-order valence-corrected chi connectivity index (χ0v) is 11.2. The van der Waals surface area contributed by atoms with Crippen molar-refractivity contribution in [3.8, 4) is 0 Å². The molecule has 18 heavy (non-hydrogen) atoms. The van der Waals surface area contributed by atoms with Gasteiger partial charge in [0.2, 0.25) is 0 Å². The van der Waals surface area contributed by atoms with Crippen LogP contribution >= 0.6 is 0 Å². The monoisotopic (exact) mass is 259 g/mol. The predicted octanol–water partition coefficient (Wildman–Crippen LogP) is 4.50. The van der Waals surface area contributed by atoms with Gasteiger partial charge in [-0.05, 0) is 28.5 Å². The van der Waals surface area contributed by atoms with Crippen molar-refractivity contribution in [3.63, 3.8) is 0 Å². The summed E-state index contributed by atoms with van der Waals surface area (Å²) < 4.78 is 38.1. The van der Waals surface area contributed by atoms with Gasteiger partial charge < -0.3 is 5.73 Å². The van der Waals surface area contributed by atoms with Gasteiger partial charge in [-0.1, -0.05) is 45.9 Å². The molecule has 0 heterocycles. The van der Waals surface area contributed by atoms with Crippen molar-refractivity contribution in [2.24, 2.45) is 5.73 Å². The number of hydrogen-bond acceptors (Lipinski definition) is 1. The molecule has 0 radical (unpaired) electrons. The largest absolute Gasteiger partial charge is 0.407 e. The van der Waals surface area contributed by atoms with Gasteiger partial charge in [0.15, 0.2) is 0 Å². The zero-order valence-electron chi connectivity index (χ0n) is 11.2. The Morgan fingerprint density at radius 1 is 0.944 bits per heavy atom. The Morgan fingerprint density at radius 3 is 1.89 bits per heavy atom. The lowest BCUT2D eigenvalue weighted by Gasteiger charge is -2.22. The molecule has 1 atom stereocenters. The molecule has 1 aromatic carbocycles. The minimum Gasteiger partial charge on any atom is -0.316 e. The maximum absolute atomic E-state index is 12.7. The van der Waals surface area contributed by atoms with Crippen molar-refractivity contribution >= 4 is 0 Å².